The number of hydrogen-bond acceptors (Lipinski definition) is 4. The highest BCUT2D eigenvalue weighted by atomic mass is 35.5. The number of urea groups is 1. The number of para-hydroxylation sites is 1. The Morgan fingerprint density at radius 3 is 2.56 bits per heavy atom. The van der Waals surface area contributed by atoms with Gasteiger partial charge in [0, 0.05) is 35.4 Å². The second-order valence-corrected chi connectivity index (χ2v) is 11.0. The monoisotopic (exact) mass is 560 g/mol. The third-order valence-corrected chi connectivity index (χ3v) is 8.49. The van der Waals surface area contributed by atoms with Gasteiger partial charge in [0.2, 0.25) is 5.91 Å². The van der Waals surface area contributed by atoms with E-state index in [-0.39, 0.29) is 22.5 Å². The lowest BCUT2D eigenvalue weighted by Gasteiger charge is -2.39. The maximum Gasteiger partial charge on any atom is 0.418 e. The van der Waals surface area contributed by atoms with Crippen LogP contribution in [0.2, 0.25) is 10.0 Å². The molecule has 0 radical (unpaired) electrons. The van der Waals surface area contributed by atoms with Crippen molar-refractivity contribution in [3.63, 3.8) is 0 Å². The van der Waals surface area contributed by atoms with Crippen LogP contribution in [0.5, 0.6) is 0 Å². The molecule has 194 valence electrons. The van der Waals surface area contributed by atoms with Crippen LogP contribution < -0.4 is 16.0 Å². The van der Waals surface area contributed by atoms with E-state index in [9.17, 15) is 22.8 Å². The topological polar surface area (TPSA) is 73.5 Å². The molecule has 1 unspecified atom stereocenters. The minimum atomic E-state index is -4.56. The quantitative estimate of drug-likeness (QED) is 0.457. The predicted octanol–water partition coefficient (Wildman–Crippen LogP) is 5.40. The molecule has 36 heavy (non-hydrogen) atoms. The van der Waals surface area contributed by atoms with E-state index in [1.807, 2.05) is 6.07 Å². The minimum absolute atomic E-state index is 0.103. The molecule has 3 N–H and O–H groups in total. The summed E-state index contributed by atoms with van der Waals surface area (Å²) in [7, 11) is 0. The summed E-state index contributed by atoms with van der Waals surface area (Å²) in [5.74, 6) is 0.493. The van der Waals surface area contributed by atoms with Crippen LogP contribution in [0.15, 0.2) is 42.5 Å². The summed E-state index contributed by atoms with van der Waals surface area (Å²) in [6, 6.07) is 9.23. The van der Waals surface area contributed by atoms with Crippen molar-refractivity contribution in [3.8, 4) is 0 Å². The van der Waals surface area contributed by atoms with Crippen LogP contribution in [0.4, 0.5) is 23.7 Å². The van der Waals surface area contributed by atoms with Crippen LogP contribution in [0.1, 0.15) is 24.0 Å². The maximum absolute atomic E-state index is 13.2. The third kappa shape index (κ3) is 6.40. The van der Waals surface area contributed by atoms with Gasteiger partial charge >= 0.3 is 12.2 Å². The van der Waals surface area contributed by atoms with Gasteiger partial charge in [-0.2, -0.15) is 13.2 Å². The molecule has 1 spiro atoms. The zero-order valence-corrected chi connectivity index (χ0v) is 21.5. The first-order valence-corrected chi connectivity index (χ1v) is 13.2. The fourth-order valence-electron chi connectivity index (χ4n) is 4.35. The standard InChI is InChI=1S/C24H25Cl2F3N4O2S/c25-16-6-5-15(18(26)13-16)7-10-30-21(34)20-14-36-23(32-20)8-11-33(12-9-23)22(35)31-19-4-2-1-3-17(19)24(27,28)29/h1-6,13,20,32H,7-12,14H2,(H,30,34)(H,31,35). The number of carbonyl (C=O) groups is 2. The number of alkyl halides is 3. The van der Waals surface area contributed by atoms with Crippen molar-refractivity contribution in [2.45, 2.75) is 36.4 Å². The van der Waals surface area contributed by atoms with Crippen LogP contribution in [0.3, 0.4) is 0 Å². The first-order valence-electron chi connectivity index (χ1n) is 11.4. The summed E-state index contributed by atoms with van der Waals surface area (Å²) in [6.07, 6.45) is -2.82. The van der Waals surface area contributed by atoms with Crippen molar-refractivity contribution in [3.05, 3.63) is 63.6 Å². The number of carbonyl (C=O) groups excluding carboxylic acids is 2. The Morgan fingerprint density at radius 1 is 1.14 bits per heavy atom. The molecule has 0 aliphatic carbocycles. The number of nitrogens with one attached hydrogen (secondary N) is 3. The van der Waals surface area contributed by atoms with E-state index in [2.05, 4.69) is 16.0 Å². The van der Waals surface area contributed by atoms with Gasteiger partial charge in [-0.1, -0.05) is 41.4 Å². The summed E-state index contributed by atoms with van der Waals surface area (Å²) in [5, 5.41) is 9.86. The highest BCUT2D eigenvalue weighted by molar-refractivity contribution is 8.01. The summed E-state index contributed by atoms with van der Waals surface area (Å²) in [6.45, 7) is 1.16. The number of hydrogen-bond donors (Lipinski definition) is 3. The molecule has 2 saturated heterocycles. The van der Waals surface area contributed by atoms with Crippen molar-refractivity contribution in [2.24, 2.45) is 0 Å². The van der Waals surface area contributed by atoms with E-state index in [1.165, 1.54) is 23.1 Å². The number of thioether (sulfide) groups is 1. The molecule has 0 saturated carbocycles. The van der Waals surface area contributed by atoms with E-state index in [1.54, 1.807) is 23.9 Å². The molecule has 12 heteroatoms. The summed E-state index contributed by atoms with van der Waals surface area (Å²) in [4.78, 5) is 26.5. The molecule has 2 aliphatic heterocycles. The number of amides is 3. The minimum Gasteiger partial charge on any atom is -0.354 e. The first-order chi connectivity index (χ1) is 17.1. The van der Waals surface area contributed by atoms with Gasteiger partial charge in [-0.05, 0) is 49.1 Å². The van der Waals surface area contributed by atoms with Crippen LogP contribution in [0.25, 0.3) is 0 Å². The summed E-state index contributed by atoms with van der Waals surface area (Å²) >= 11 is 13.7. The Balaban J connectivity index is 1.25. The van der Waals surface area contributed by atoms with Crippen molar-refractivity contribution in [1.82, 2.24) is 15.5 Å². The van der Waals surface area contributed by atoms with Gasteiger partial charge in [-0.25, -0.2) is 4.79 Å². The molecule has 2 aromatic rings. The normalized spacial score (nSPS) is 19.4. The van der Waals surface area contributed by atoms with E-state index >= 15 is 0 Å². The smallest absolute Gasteiger partial charge is 0.354 e. The number of anilines is 1. The van der Waals surface area contributed by atoms with Crippen molar-refractivity contribution in [1.29, 1.82) is 0 Å². The van der Waals surface area contributed by atoms with E-state index in [4.69, 9.17) is 23.2 Å². The largest absolute Gasteiger partial charge is 0.418 e. The van der Waals surface area contributed by atoms with Crippen LogP contribution in [-0.4, -0.2) is 53.1 Å². The Hall–Kier alpha value is -2.14. The first kappa shape index (κ1) is 26.9. The van der Waals surface area contributed by atoms with Crippen molar-refractivity contribution < 1.29 is 22.8 Å². The van der Waals surface area contributed by atoms with Crippen LogP contribution >= 0.6 is 35.0 Å². The second kappa shape index (κ2) is 11.1. The molecule has 2 fully saturated rings. The van der Waals surface area contributed by atoms with Crippen molar-refractivity contribution in [2.75, 3.05) is 30.7 Å². The second-order valence-electron chi connectivity index (χ2n) is 8.74. The molecule has 0 bridgehead atoms. The van der Waals surface area contributed by atoms with Gasteiger partial charge in [-0.15, -0.1) is 11.8 Å². The lowest BCUT2D eigenvalue weighted by molar-refractivity contribution is -0.137. The number of halogens is 5. The van der Waals surface area contributed by atoms with Gasteiger partial charge in [0.15, 0.2) is 0 Å². The van der Waals surface area contributed by atoms with Gasteiger partial charge in [-0.3, -0.25) is 10.1 Å². The lowest BCUT2D eigenvalue weighted by atomic mass is 10.0. The van der Waals surface area contributed by atoms with Crippen LogP contribution in [0, 0.1) is 0 Å². The molecule has 2 aliphatic rings. The Kier molecular flexibility index (Phi) is 8.28. The molecule has 0 aromatic heterocycles. The SMILES string of the molecule is O=C(NCCc1ccc(Cl)cc1Cl)C1CSC2(CCN(C(=O)Nc3ccccc3C(F)(F)F)CC2)N1. The predicted molar refractivity (Wildman–Crippen MR) is 137 cm³/mol. The molecule has 4 rings (SSSR count). The number of benzene rings is 2. The van der Waals surface area contributed by atoms with Gasteiger partial charge in [0.05, 0.1) is 22.2 Å². The Morgan fingerprint density at radius 2 is 1.86 bits per heavy atom. The molecule has 3 amide bonds. The average Bonchev–Trinajstić information content (AvgIpc) is 3.24. The summed E-state index contributed by atoms with van der Waals surface area (Å²) in [5.41, 5.74) is -0.248. The van der Waals surface area contributed by atoms with Crippen LogP contribution in [-0.2, 0) is 17.4 Å². The molecule has 1 atom stereocenters. The molecule has 2 aromatic carbocycles. The number of likely N-dealkylation sites (tertiary alicyclic amines) is 1. The van der Waals surface area contributed by atoms with Crippen molar-refractivity contribution >= 4 is 52.6 Å². The number of piperidine rings is 1. The highest BCUT2D eigenvalue weighted by Gasteiger charge is 2.44. The molecular weight excluding hydrogens is 536 g/mol. The fraction of sp³-hybridized carbons (Fsp3) is 0.417. The fourth-order valence-corrected chi connectivity index (χ4v) is 6.27. The number of nitrogens with zero attached hydrogens (tertiary/aromatic N) is 1. The average molecular weight is 561 g/mol. The molecule has 6 nitrogen and oxygen atoms in total. The lowest BCUT2D eigenvalue weighted by Crippen LogP contribution is -2.55. The van der Waals surface area contributed by atoms with Gasteiger partial charge in [0.25, 0.3) is 0 Å². The van der Waals surface area contributed by atoms with Gasteiger partial charge in [0.1, 0.15) is 0 Å². The number of rotatable bonds is 5. The Labute approximate surface area is 221 Å². The van der Waals surface area contributed by atoms with E-state index < -0.39 is 17.8 Å². The van der Waals surface area contributed by atoms with E-state index in [0.717, 1.165) is 11.6 Å². The highest BCUT2D eigenvalue weighted by Crippen LogP contribution is 2.40. The Bertz CT molecular complexity index is 1130. The molecular formula is C24H25Cl2F3N4O2S. The maximum atomic E-state index is 13.2. The third-order valence-electron chi connectivity index (χ3n) is 6.32. The molecule has 2 heterocycles. The zero-order chi connectivity index (χ0) is 25.9. The summed E-state index contributed by atoms with van der Waals surface area (Å²) < 4.78 is 39.7. The van der Waals surface area contributed by atoms with E-state index in [0.29, 0.717) is 54.7 Å². The zero-order valence-electron chi connectivity index (χ0n) is 19.1. The van der Waals surface area contributed by atoms with Gasteiger partial charge < -0.3 is 15.5 Å².